The summed E-state index contributed by atoms with van der Waals surface area (Å²) in [7, 11) is 0. The SMILES string of the molecule is CSc1ccccc1OCc1ccc(CO)cc1. The molecule has 2 nitrogen and oxygen atoms in total. The van der Waals surface area contributed by atoms with Gasteiger partial charge in [0.2, 0.25) is 0 Å². The Morgan fingerprint density at radius 2 is 1.67 bits per heavy atom. The first-order valence-electron chi connectivity index (χ1n) is 5.78. The van der Waals surface area contributed by atoms with Crippen LogP contribution < -0.4 is 4.74 Å². The predicted octanol–water partition coefficient (Wildman–Crippen LogP) is 3.48. The van der Waals surface area contributed by atoms with Gasteiger partial charge in [-0.3, -0.25) is 0 Å². The number of benzene rings is 2. The summed E-state index contributed by atoms with van der Waals surface area (Å²) in [4.78, 5) is 1.14. The van der Waals surface area contributed by atoms with Crippen LogP contribution in [-0.2, 0) is 13.2 Å². The number of para-hydroxylation sites is 1. The van der Waals surface area contributed by atoms with Crippen molar-refractivity contribution < 1.29 is 9.84 Å². The van der Waals surface area contributed by atoms with Gasteiger partial charge in [-0.25, -0.2) is 0 Å². The average molecular weight is 260 g/mol. The van der Waals surface area contributed by atoms with E-state index in [4.69, 9.17) is 9.84 Å². The highest BCUT2D eigenvalue weighted by Crippen LogP contribution is 2.27. The highest BCUT2D eigenvalue weighted by Gasteiger charge is 2.01. The number of ether oxygens (including phenoxy) is 1. The van der Waals surface area contributed by atoms with E-state index in [0.717, 1.165) is 21.8 Å². The van der Waals surface area contributed by atoms with Crippen LogP contribution >= 0.6 is 11.8 Å². The number of aliphatic hydroxyl groups is 1. The van der Waals surface area contributed by atoms with Crippen molar-refractivity contribution in [2.24, 2.45) is 0 Å². The third-order valence-corrected chi connectivity index (χ3v) is 3.45. The highest BCUT2D eigenvalue weighted by atomic mass is 32.2. The zero-order chi connectivity index (χ0) is 12.8. The first-order chi connectivity index (χ1) is 8.83. The second-order valence-corrected chi connectivity index (χ2v) is 4.76. The molecule has 0 atom stereocenters. The molecule has 0 fully saturated rings. The minimum absolute atomic E-state index is 0.0798. The molecule has 0 radical (unpaired) electrons. The molecular formula is C15H16O2S. The molecule has 0 saturated carbocycles. The molecule has 3 heteroatoms. The van der Waals surface area contributed by atoms with E-state index in [2.05, 4.69) is 6.07 Å². The molecule has 94 valence electrons. The van der Waals surface area contributed by atoms with Gasteiger partial charge >= 0.3 is 0 Å². The first kappa shape index (κ1) is 13.0. The van der Waals surface area contributed by atoms with Crippen molar-refractivity contribution in [3.8, 4) is 5.75 Å². The minimum Gasteiger partial charge on any atom is -0.488 e. The molecule has 0 amide bonds. The Morgan fingerprint density at radius 3 is 2.33 bits per heavy atom. The Labute approximate surface area is 112 Å². The molecule has 2 aromatic rings. The first-order valence-corrected chi connectivity index (χ1v) is 7.00. The molecule has 0 bridgehead atoms. The largest absolute Gasteiger partial charge is 0.488 e. The van der Waals surface area contributed by atoms with Crippen molar-refractivity contribution in [1.82, 2.24) is 0 Å². The highest BCUT2D eigenvalue weighted by molar-refractivity contribution is 7.98. The van der Waals surface area contributed by atoms with Gasteiger partial charge in [-0.05, 0) is 29.5 Å². The maximum Gasteiger partial charge on any atom is 0.133 e. The Morgan fingerprint density at radius 1 is 1.00 bits per heavy atom. The summed E-state index contributed by atoms with van der Waals surface area (Å²) in [5.74, 6) is 0.913. The average Bonchev–Trinajstić information content (AvgIpc) is 2.46. The van der Waals surface area contributed by atoms with E-state index < -0.39 is 0 Å². The maximum absolute atomic E-state index is 8.97. The van der Waals surface area contributed by atoms with Crippen molar-refractivity contribution in [2.45, 2.75) is 18.1 Å². The molecule has 0 saturated heterocycles. The van der Waals surface area contributed by atoms with E-state index in [1.54, 1.807) is 11.8 Å². The number of aliphatic hydroxyl groups excluding tert-OH is 1. The van der Waals surface area contributed by atoms with Crippen molar-refractivity contribution in [1.29, 1.82) is 0 Å². The topological polar surface area (TPSA) is 29.5 Å². The van der Waals surface area contributed by atoms with Gasteiger partial charge in [-0.1, -0.05) is 36.4 Å². The molecule has 0 spiro atoms. The summed E-state index contributed by atoms with van der Waals surface area (Å²) in [5.41, 5.74) is 2.02. The smallest absolute Gasteiger partial charge is 0.133 e. The summed E-state index contributed by atoms with van der Waals surface area (Å²) in [6.07, 6.45) is 2.04. The van der Waals surface area contributed by atoms with Crippen molar-refractivity contribution in [3.63, 3.8) is 0 Å². The summed E-state index contributed by atoms with van der Waals surface area (Å²) < 4.78 is 5.80. The van der Waals surface area contributed by atoms with Crippen LogP contribution in [0.3, 0.4) is 0 Å². The van der Waals surface area contributed by atoms with Crippen LogP contribution in [0.15, 0.2) is 53.4 Å². The molecule has 2 rings (SSSR count). The van der Waals surface area contributed by atoms with Crippen LogP contribution in [0.5, 0.6) is 5.75 Å². The Hall–Kier alpha value is -1.45. The molecule has 1 N–H and O–H groups in total. The van der Waals surface area contributed by atoms with Gasteiger partial charge in [0.15, 0.2) is 0 Å². The Balaban J connectivity index is 2.02. The molecule has 18 heavy (non-hydrogen) atoms. The van der Waals surface area contributed by atoms with Gasteiger partial charge in [-0.2, -0.15) is 0 Å². The second-order valence-electron chi connectivity index (χ2n) is 3.91. The summed E-state index contributed by atoms with van der Waals surface area (Å²) in [6, 6.07) is 15.8. The quantitative estimate of drug-likeness (QED) is 0.835. The lowest BCUT2D eigenvalue weighted by atomic mass is 10.1. The molecule has 0 aliphatic carbocycles. The lowest BCUT2D eigenvalue weighted by Crippen LogP contribution is -1.96. The lowest BCUT2D eigenvalue weighted by Gasteiger charge is -2.10. The van der Waals surface area contributed by atoms with Crippen LogP contribution in [0, 0.1) is 0 Å². The van der Waals surface area contributed by atoms with E-state index in [9.17, 15) is 0 Å². The summed E-state index contributed by atoms with van der Waals surface area (Å²) >= 11 is 1.68. The fraction of sp³-hybridized carbons (Fsp3) is 0.200. The van der Waals surface area contributed by atoms with Gasteiger partial charge in [0.25, 0.3) is 0 Å². The molecule has 0 unspecified atom stereocenters. The minimum atomic E-state index is 0.0798. The molecule has 2 aromatic carbocycles. The number of thioether (sulfide) groups is 1. The van der Waals surface area contributed by atoms with Gasteiger partial charge in [0, 0.05) is 4.90 Å². The maximum atomic E-state index is 8.97. The third kappa shape index (κ3) is 3.28. The van der Waals surface area contributed by atoms with E-state index >= 15 is 0 Å². The number of hydrogen-bond acceptors (Lipinski definition) is 3. The van der Waals surface area contributed by atoms with Crippen LogP contribution in [0.4, 0.5) is 0 Å². The van der Waals surface area contributed by atoms with Crippen molar-refractivity contribution in [2.75, 3.05) is 6.26 Å². The molecule has 0 aromatic heterocycles. The van der Waals surface area contributed by atoms with Crippen LogP contribution in [0.2, 0.25) is 0 Å². The van der Waals surface area contributed by atoms with E-state index in [1.807, 2.05) is 48.7 Å². The summed E-state index contributed by atoms with van der Waals surface area (Å²) in [6.45, 7) is 0.625. The molecular weight excluding hydrogens is 244 g/mol. The van der Waals surface area contributed by atoms with Crippen LogP contribution in [0.25, 0.3) is 0 Å². The standard InChI is InChI=1S/C15H16O2S/c1-18-15-5-3-2-4-14(15)17-11-13-8-6-12(10-16)7-9-13/h2-9,16H,10-11H2,1H3. The predicted molar refractivity (Wildman–Crippen MR) is 74.9 cm³/mol. The van der Waals surface area contributed by atoms with Gasteiger partial charge in [0.1, 0.15) is 12.4 Å². The number of rotatable bonds is 5. The Kier molecular flexibility index (Phi) is 4.67. The Bertz CT molecular complexity index is 494. The monoisotopic (exact) mass is 260 g/mol. The zero-order valence-electron chi connectivity index (χ0n) is 10.3. The van der Waals surface area contributed by atoms with Crippen molar-refractivity contribution >= 4 is 11.8 Å². The fourth-order valence-electron chi connectivity index (χ4n) is 1.64. The summed E-state index contributed by atoms with van der Waals surface area (Å²) in [5, 5.41) is 8.97. The van der Waals surface area contributed by atoms with Crippen molar-refractivity contribution in [3.05, 3.63) is 59.7 Å². The van der Waals surface area contributed by atoms with Gasteiger partial charge in [-0.15, -0.1) is 11.8 Å². The number of hydrogen-bond donors (Lipinski definition) is 1. The second kappa shape index (κ2) is 6.47. The molecule has 0 aliphatic heterocycles. The van der Waals surface area contributed by atoms with E-state index in [1.165, 1.54) is 0 Å². The zero-order valence-corrected chi connectivity index (χ0v) is 11.1. The van der Waals surface area contributed by atoms with Crippen LogP contribution in [-0.4, -0.2) is 11.4 Å². The van der Waals surface area contributed by atoms with Crippen LogP contribution in [0.1, 0.15) is 11.1 Å². The molecule has 0 heterocycles. The molecule has 0 aliphatic rings. The van der Waals surface area contributed by atoms with Gasteiger partial charge in [0.05, 0.1) is 6.61 Å². The fourth-order valence-corrected chi connectivity index (χ4v) is 2.18. The third-order valence-electron chi connectivity index (χ3n) is 2.67. The lowest BCUT2D eigenvalue weighted by molar-refractivity contribution is 0.281. The normalized spacial score (nSPS) is 10.3. The van der Waals surface area contributed by atoms with Gasteiger partial charge < -0.3 is 9.84 Å². The van der Waals surface area contributed by atoms with E-state index in [0.29, 0.717) is 6.61 Å². The van der Waals surface area contributed by atoms with E-state index in [-0.39, 0.29) is 6.61 Å².